The van der Waals surface area contributed by atoms with Gasteiger partial charge in [-0.1, -0.05) is 165 Å². The lowest BCUT2D eigenvalue weighted by Crippen LogP contribution is -2.34. The van der Waals surface area contributed by atoms with Gasteiger partial charge in [0.1, 0.15) is 12.6 Å². The van der Waals surface area contributed by atoms with E-state index in [1.807, 2.05) is 12.2 Å². The molecule has 0 aliphatic heterocycles. The SMILES string of the molecule is CCCCCCCCC/C=C/C/C=C/C/C=C/C/C=C/CCCC(=O)O[C@@H](COC(=O)CCCCCCCCCCCCC)COP(=O)(O)OC[C@H](N)C(=O)O. The van der Waals surface area contributed by atoms with E-state index >= 15 is 0 Å². The van der Waals surface area contributed by atoms with E-state index in [2.05, 4.69) is 54.8 Å². The molecule has 12 heteroatoms. The molecule has 0 heterocycles. The van der Waals surface area contributed by atoms with Crippen LogP contribution in [-0.2, 0) is 37.5 Å². The van der Waals surface area contributed by atoms with Gasteiger partial charge in [0, 0.05) is 12.8 Å². The molecule has 0 aromatic rings. The Hall–Kier alpha value is -2.56. The number of phosphoric acid groups is 1. The molecule has 56 heavy (non-hydrogen) atoms. The second-order valence-corrected chi connectivity index (χ2v) is 15.9. The van der Waals surface area contributed by atoms with Crippen LogP contribution >= 0.6 is 7.82 Å². The lowest BCUT2D eigenvalue weighted by Gasteiger charge is -2.20. The minimum Gasteiger partial charge on any atom is -0.480 e. The van der Waals surface area contributed by atoms with Gasteiger partial charge in [-0.3, -0.25) is 23.4 Å². The summed E-state index contributed by atoms with van der Waals surface area (Å²) in [6, 6.07) is -1.53. The maximum atomic E-state index is 12.6. The molecule has 324 valence electrons. The Balaban J connectivity index is 4.44. The minimum absolute atomic E-state index is 0.0857. The normalized spacial score (nSPS) is 14.2. The number of nitrogens with two attached hydrogens (primary N) is 1. The average molecular weight is 812 g/mol. The number of aliphatic carboxylic acids is 1. The molecular formula is C44H78NO10P. The highest BCUT2D eigenvalue weighted by Crippen LogP contribution is 2.43. The molecule has 0 saturated carbocycles. The molecule has 0 aromatic heterocycles. The summed E-state index contributed by atoms with van der Waals surface area (Å²) in [4.78, 5) is 45.8. The van der Waals surface area contributed by atoms with E-state index < -0.39 is 51.1 Å². The van der Waals surface area contributed by atoms with Crippen LogP contribution in [0.1, 0.15) is 181 Å². The number of carboxylic acids is 1. The van der Waals surface area contributed by atoms with Gasteiger partial charge in [-0.25, -0.2) is 4.57 Å². The van der Waals surface area contributed by atoms with Gasteiger partial charge < -0.3 is 25.2 Å². The Morgan fingerprint density at radius 2 is 0.964 bits per heavy atom. The zero-order valence-corrected chi connectivity index (χ0v) is 35.9. The second kappa shape index (κ2) is 39.3. The number of esters is 2. The molecule has 0 saturated heterocycles. The molecule has 0 fully saturated rings. The number of carboxylic acid groups (broad SMARTS) is 1. The molecule has 0 spiro atoms. The van der Waals surface area contributed by atoms with E-state index in [-0.39, 0.29) is 19.4 Å². The molecule has 11 nitrogen and oxygen atoms in total. The fourth-order valence-electron chi connectivity index (χ4n) is 5.65. The van der Waals surface area contributed by atoms with Crippen LogP contribution in [0.2, 0.25) is 0 Å². The van der Waals surface area contributed by atoms with Crippen molar-refractivity contribution in [3.63, 3.8) is 0 Å². The summed E-state index contributed by atoms with van der Waals surface area (Å²) in [5, 5.41) is 8.88. The molecule has 4 N–H and O–H groups in total. The topological polar surface area (TPSA) is 172 Å². The Labute approximate surface area is 339 Å². The third-order valence-corrected chi connectivity index (χ3v) is 10.0. The van der Waals surface area contributed by atoms with Crippen LogP contribution in [0.25, 0.3) is 0 Å². The van der Waals surface area contributed by atoms with Gasteiger partial charge in [0.25, 0.3) is 0 Å². The number of hydrogen-bond acceptors (Lipinski definition) is 9. The first kappa shape index (κ1) is 53.4. The maximum absolute atomic E-state index is 12.6. The standard InChI is InChI=1S/C44H78NO10P/c1-3-5-7-9-11-13-15-16-17-18-19-20-21-22-23-24-26-28-30-32-34-36-43(47)55-40(38-53-56(50,51)54-39-41(45)44(48)49)37-52-42(46)35-33-31-29-27-25-14-12-10-8-6-4-2/h17-18,20-21,23-24,28,30,40-41H,3-16,19,22,25-27,29,31-39,45H2,1-2H3,(H,48,49)(H,50,51)/b18-17+,21-20+,24-23+,30-28+/t40-,41-/m0/s1. The largest absolute Gasteiger partial charge is 0.480 e. The summed E-state index contributed by atoms with van der Waals surface area (Å²) in [7, 11) is -4.73. The number of allylic oxidation sites excluding steroid dienone is 8. The molecule has 1 unspecified atom stereocenters. The first-order chi connectivity index (χ1) is 27.1. The summed E-state index contributed by atoms with van der Waals surface area (Å²) in [6.07, 6.45) is 43.3. The quantitative estimate of drug-likeness (QED) is 0.0233. The van der Waals surface area contributed by atoms with Crippen LogP contribution in [-0.4, -0.2) is 59.9 Å². The van der Waals surface area contributed by atoms with Crippen LogP contribution < -0.4 is 5.73 Å². The smallest absolute Gasteiger partial charge is 0.472 e. The summed E-state index contributed by atoms with van der Waals surface area (Å²) in [5.41, 5.74) is 5.32. The lowest BCUT2D eigenvalue weighted by molar-refractivity contribution is -0.161. The number of carbonyl (C=O) groups excluding carboxylic acids is 2. The highest BCUT2D eigenvalue weighted by Gasteiger charge is 2.28. The molecule has 0 radical (unpaired) electrons. The first-order valence-electron chi connectivity index (χ1n) is 21.7. The van der Waals surface area contributed by atoms with Crippen LogP contribution in [0.4, 0.5) is 0 Å². The number of hydrogen-bond donors (Lipinski definition) is 3. The van der Waals surface area contributed by atoms with Crippen molar-refractivity contribution in [2.75, 3.05) is 19.8 Å². The Morgan fingerprint density at radius 3 is 1.46 bits per heavy atom. The molecular weight excluding hydrogens is 733 g/mol. The number of ether oxygens (including phenoxy) is 2. The van der Waals surface area contributed by atoms with E-state index in [0.29, 0.717) is 19.3 Å². The molecule has 0 aliphatic carbocycles. The Morgan fingerprint density at radius 1 is 0.554 bits per heavy atom. The van der Waals surface area contributed by atoms with Crippen molar-refractivity contribution in [3.8, 4) is 0 Å². The number of carbonyl (C=O) groups is 3. The van der Waals surface area contributed by atoms with Crippen LogP contribution in [0, 0.1) is 0 Å². The summed E-state index contributed by atoms with van der Waals surface area (Å²) in [6.45, 7) is 2.73. The monoisotopic (exact) mass is 812 g/mol. The zero-order valence-electron chi connectivity index (χ0n) is 35.0. The summed E-state index contributed by atoms with van der Waals surface area (Å²) >= 11 is 0. The number of phosphoric ester groups is 1. The third-order valence-electron chi connectivity index (χ3n) is 9.08. The predicted octanol–water partition coefficient (Wildman–Crippen LogP) is 11.4. The average Bonchev–Trinajstić information content (AvgIpc) is 3.17. The fourth-order valence-corrected chi connectivity index (χ4v) is 6.42. The van der Waals surface area contributed by atoms with Crippen LogP contribution in [0.3, 0.4) is 0 Å². The highest BCUT2D eigenvalue weighted by molar-refractivity contribution is 7.47. The Bertz CT molecular complexity index is 1140. The first-order valence-corrected chi connectivity index (χ1v) is 23.2. The van der Waals surface area contributed by atoms with E-state index in [1.54, 1.807) is 0 Å². The lowest BCUT2D eigenvalue weighted by atomic mass is 10.1. The molecule has 0 rings (SSSR count). The van der Waals surface area contributed by atoms with Crippen molar-refractivity contribution in [1.82, 2.24) is 0 Å². The molecule has 0 amide bonds. The fraction of sp³-hybridized carbons (Fsp3) is 0.750. The highest BCUT2D eigenvalue weighted by atomic mass is 31.2. The van der Waals surface area contributed by atoms with Gasteiger partial charge in [0.05, 0.1) is 13.2 Å². The van der Waals surface area contributed by atoms with Crippen molar-refractivity contribution in [2.24, 2.45) is 5.73 Å². The van der Waals surface area contributed by atoms with Crippen molar-refractivity contribution in [2.45, 2.75) is 193 Å². The van der Waals surface area contributed by atoms with Gasteiger partial charge >= 0.3 is 25.7 Å². The van der Waals surface area contributed by atoms with Crippen molar-refractivity contribution in [1.29, 1.82) is 0 Å². The minimum atomic E-state index is -4.73. The summed E-state index contributed by atoms with van der Waals surface area (Å²) < 4.78 is 32.6. The summed E-state index contributed by atoms with van der Waals surface area (Å²) in [5.74, 6) is -2.45. The third kappa shape index (κ3) is 38.3. The van der Waals surface area contributed by atoms with Crippen molar-refractivity contribution < 1.29 is 47.5 Å². The van der Waals surface area contributed by atoms with E-state index in [1.165, 1.54) is 96.3 Å². The van der Waals surface area contributed by atoms with E-state index in [9.17, 15) is 23.8 Å². The van der Waals surface area contributed by atoms with Gasteiger partial charge in [-0.05, 0) is 51.4 Å². The molecule has 3 atom stereocenters. The number of unbranched alkanes of at least 4 members (excludes halogenated alkanes) is 18. The van der Waals surface area contributed by atoms with Crippen LogP contribution in [0.5, 0.6) is 0 Å². The van der Waals surface area contributed by atoms with E-state index in [4.69, 9.17) is 24.8 Å². The van der Waals surface area contributed by atoms with Gasteiger partial charge in [-0.15, -0.1) is 0 Å². The molecule has 0 aliphatic rings. The van der Waals surface area contributed by atoms with Crippen LogP contribution in [0.15, 0.2) is 48.6 Å². The Kier molecular flexibility index (Phi) is 37.5. The second-order valence-electron chi connectivity index (χ2n) is 14.5. The molecule has 0 aromatic carbocycles. The zero-order chi connectivity index (χ0) is 41.4. The van der Waals surface area contributed by atoms with Crippen molar-refractivity contribution in [3.05, 3.63) is 48.6 Å². The molecule has 0 bridgehead atoms. The number of rotatable bonds is 40. The van der Waals surface area contributed by atoms with Gasteiger partial charge in [0.15, 0.2) is 6.10 Å². The van der Waals surface area contributed by atoms with Gasteiger partial charge in [0.2, 0.25) is 0 Å². The maximum Gasteiger partial charge on any atom is 0.472 e. The predicted molar refractivity (Wildman–Crippen MR) is 226 cm³/mol. The van der Waals surface area contributed by atoms with E-state index in [0.717, 1.165) is 38.5 Å². The van der Waals surface area contributed by atoms with Gasteiger partial charge in [-0.2, -0.15) is 0 Å². The van der Waals surface area contributed by atoms with Crippen molar-refractivity contribution >= 4 is 25.7 Å².